The van der Waals surface area contributed by atoms with E-state index >= 15 is 0 Å². The summed E-state index contributed by atoms with van der Waals surface area (Å²) in [7, 11) is 1.69. The van der Waals surface area contributed by atoms with Crippen LogP contribution in [0.1, 0.15) is 28.7 Å². The maximum Gasteiger partial charge on any atom is 0.122 e. The summed E-state index contributed by atoms with van der Waals surface area (Å²) in [6.45, 7) is 6.22. The third-order valence-electron chi connectivity index (χ3n) is 2.92. The molecule has 0 radical (unpaired) electrons. The molecule has 0 N–H and O–H groups in total. The molecule has 0 fully saturated rings. The van der Waals surface area contributed by atoms with Gasteiger partial charge in [0.1, 0.15) is 5.75 Å². The predicted octanol–water partition coefficient (Wildman–Crippen LogP) is 3.08. The Hall–Kier alpha value is -1.49. The fourth-order valence-corrected chi connectivity index (χ4v) is 1.88. The van der Waals surface area contributed by atoms with Crippen molar-refractivity contribution in [1.29, 1.82) is 5.26 Å². The molecule has 1 aromatic carbocycles. The van der Waals surface area contributed by atoms with Gasteiger partial charge in [0.15, 0.2) is 0 Å². The first-order valence-electron chi connectivity index (χ1n) is 5.12. The largest absolute Gasteiger partial charge is 0.496 e. The second-order valence-electron chi connectivity index (χ2n) is 3.78. The number of nitriles is 1. The van der Waals surface area contributed by atoms with Gasteiger partial charge in [-0.05, 0) is 55.5 Å². The Morgan fingerprint density at radius 3 is 2.47 bits per heavy atom. The Morgan fingerprint density at radius 1 is 1.27 bits per heavy atom. The van der Waals surface area contributed by atoms with Gasteiger partial charge in [0.05, 0.1) is 13.2 Å². The summed E-state index contributed by atoms with van der Waals surface area (Å²) in [5.74, 6) is 0.936. The van der Waals surface area contributed by atoms with E-state index in [-0.39, 0.29) is 0 Å². The van der Waals surface area contributed by atoms with Crippen molar-refractivity contribution in [2.75, 3.05) is 7.11 Å². The van der Waals surface area contributed by atoms with Gasteiger partial charge in [-0.25, -0.2) is 0 Å². The summed E-state index contributed by atoms with van der Waals surface area (Å²) >= 11 is 0. The molecular formula is C13H17NO. The zero-order valence-electron chi connectivity index (χ0n) is 9.85. The highest BCUT2D eigenvalue weighted by atomic mass is 16.5. The van der Waals surface area contributed by atoms with Crippen LogP contribution in [0.25, 0.3) is 0 Å². The van der Waals surface area contributed by atoms with Gasteiger partial charge in [0.2, 0.25) is 0 Å². The van der Waals surface area contributed by atoms with Crippen LogP contribution in [-0.2, 0) is 6.42 Å². The molecule has 15 heavy (non-hydrogen) atoms. The molecule has 2 nitrogen and oxygen atoms in total. The summed E-state index contributed by atoms with van der Waals surface area (Å²) in [5, 5.41) is 8.60. The minimum Gasteiger partial charge on any atom is -0.496 e. The molecular weight excluding hydrogens is 186 g/mol. The lowest BCUT2D eigenvalue weighted by Gasteiger charge is -2.14. The molecule has 0 unspecified atom stereocenters. The van der Waals surface area contributed by atoms with Crippen molar-refractivity contribution in [3.05, 3.63) is 28.3 Å². The highest BCUT2D eigenvalue weighted by Gasteiger charge is 2.09. The van der Waals surface area contributed by atoms with Gasteiger partial charge in [0, 0.05) is 6.42 Å². The third kappa shape index (κ3) is 2.30. The van der Waals surface area contributed by atoms with Crippen molar-refractivity contribution in [1.82, 2.24) is 0 Å². The molecule has 0 aliphatic carbocycles. The topological polar surface area (TPSA) is 33.0 Å². The van der Waals surface area contributed by atoms with Crippen LogP contribution in [0.15, 0.2) is 6.07 Å². The van der Waals surface area contributed by atoms with Gasteiger partial charge in [-0.15, -0.1) is 0 Å². The number of hydrogen-bond donors (Lipinski definition) is 0. The van der Waals surface area contributed by atoms with E-state index in [1.165, 1.54) is 22.3 Å². The van der Waals surface area contributed by atoms with Crippen molar-refractivity contribution < 1.29 is 4.74 Å². The number of aryl methyl sites for hydroxylation is 1. The molecule has 0 spiro atoms. The molecule has 0 amide bonds. The molecule has 0 aromatic heterocycles. The van der Waals surface area contributed by atoms with E-state index in [0.29, 0.717) is 6.42 Å². The number of ether oxygens (including phenoxy) is 1. The van der Waals surface area contributed by atoms with Crippen LogP contribution in [-0.4, -0.2) is 7.11 Å². The fraction of sp³-hybridized carbons (Fsp3) is 0.462. The molecule has 0 atom stereocenters. The van der Waals surface area contributed by atoms with E-state index < -0.39 is 0 Å². The molecule has 2 heteroatoms. The first-order valence-corrected chi connectivity index (χ1v) is 5.12. The minimum atomic E-state index is 0.577. The maximum atomic E-state index is 8.60. The Morgan fingerprint density at radius 2 is 1.93 bits per heavy atom. The quantitative estimate of drug-likeness (QED) is 0.756. The second kappa shape index (κ2) is 4.84. The SMILES string of the molecule is COc1cc(C)c(CCC#N)c(C)c1C. The Balaban J connectivity index is 3.18. The lowest BCUT2D eigenvalue weighted by Crippen LogP contribution is -1.99. The Bertz CT molecular complexity index is 402. The van der Waals surface area contributed by atoms with Crippen LogP contribution in [0.3, 0.4) is 0 Å². The lowest BCUT2D eigenvalue weighted by atomic mass is 9.94. The monoisotopic (exact) mass is 203 g/mol. The van der Waals surface area contributed by atoms with Gasteiger partial charge in [0.25, 0.3) is 0 Å². The normalized spacial score (nSPS) is 9.80. The van der Waals surface area contributed by atoms with Gasteiger partial charge in [-0.2, -0.15) is 5.26 Å². The summed E-state index contributed by atoms with van der Waals surface area (Å²) in [4.78, 5) is 0. The molecule has 0 saturated carbocycles. The second-order valence-corrected chi connectivity index (χ2v) is 3.78. The standard InChI is InChI=1S/C13H17NO/c1-9-8-13(15-4)11(3)10(2)12(9)6-5-7-14/h8H,5-6H2,1-4H3. The van der Waals surface area contributed by atoms with Crippen LogP contribution in [0.5, 0.6) is 5.75 Å². The molecule has 0 saturated heterocycles. The van der Waals surface area contributed by atoms with Gasteiger partial charge < -0.3 is 4.74 Å². The van der Waals surface area contributed by atoms with Crippen molar-refractivity contribution in [3.63, 3.8) is 0 Å². The zero-order valence-corrected chi connectivity index (χ0v) is 9.85. The van der Waals surface area contributed by atoms with E-state index in [1.807, 2.05) is 0 Å². The highest BCUT2D eigenvalue weighted by molar-refractivity contribution is 5.48. The smallest absolute Gasteiger partial charge is 0.122 e. The lowest BCUT2D eigenvalue weighted by molar-refractivity contribution is 0.410. The van der Waals surface area contributed by atoms with E-state index in [9.17, 15) is 0 Å². The van der Waals surface area contributed by atoms with Crippen molar-refractivity contribution in [2.24, 2.45) is 0 Å². The van der Waals surface area contributed by atoms with Crippen LogP contribution >= 0.6 is 0 Å². The predicted molar refractivity (Wildman–Crippen MR) is 61.1 cm³/mol. The molecule has 0 bridgehead atoms. The highest BCUT2D eigenvalue weighted by Crippen LogP contribution is 2.28. The van der Waals surface area contributed by atoms with E-state index in [2.05, 4.69) is 32.9 Å². The van der Waals surface area contributed by atoms with E-state index in [4.69, 9.17) is 10.00 Å². The summed E-state index contributed by atoms with van der Waals surface area (Å²) in [6, 6.07) is 4.24. The van der Waals surface area contributed by atoms with Crippen LogP contribution in [0.2, 0.25) is 0 Å². The third-order valence-corrected chi connectivity index (χ3v) is 2.92. The molecule has 0 aliphatic rings. The number of methoxy groups -OCH3 is 1. The molecule has 1 aromatic rings. The number of rotatable bonds is 3. The summed E-state index contributed by atoms with van der Waals surface area (Å²) < 4.78 is 5.30. The fourth-order valence-electron chi connectivity index (χ4n) is 1.88. The van der Waals surface area contributed by atoms with Gasteiger partial charge >= 0.3 is 0 Å². The first kappa shape index (κ1) is 11.6. The molecule has 1 rings (SSSR count). The van der Waals surface area contributed by atoms with E-state index in [0.717, 1.165) is 12.2 Å². The molecule has 0 heterocycles. The first-order chi connectivity index (χ1) is 7.11. The van der Waals surface area contributed by atoms with Crippen LogP contribution in [0, 0.1) is 32.1 Å². The Kier molecular flexibility index (Phi) is 3.74. The average Bonchev–Trinajstić information content (AvgIpc) is 2.23. The minimum absolute atomic E-state index is 0.577. The zero-order chi connectivity index (χ0) is 11.4. The number of benzene rings is 1. The summed E-state index contributed by atoms with van der Waals surface area (Å²) in [6.07, 6.45) is 1.41. The van der Waals surface area contributed by atoms with Gasteiger partial charge in [-0.3, -0.25) is 0 Å². The van der Waals surface area contributed by atoms with Crippen LogP contribution in [0.4, 0.5) is 0 Å². The number of hydrogen-bond acceptors (Lipinski definition) is 2. The van der Waals surface area contributed by atoms with Gasteiger partial charge in [-0.1, -0.05) is 0 Å². The molecule has 0 aliphatic heterocycles. The van der Waals surface area contributed by atoms with Crippen LogP contribution < -0.4 is 4.74 Å². The molecule has 80 valence electrons. The average molecular weight is 203 g/mol. The van der Waals surface area contributed by atoms with Crippen molar-refractivity contribution >= 4 is 0 Å². The Labute approximate surface area is 91.5 Å². The summed E-state index contributed by atoms with van der Waals surface area (Å²) in [5.41, 5.74) is 4.93. The van der Waals surface area contributed by atoms with E-state index in [1.54, 1.807) is 7.11 Å². The van der Waals surface area contributed by atoms with Crippen molar-refractivity contribution in [3.8, 4) is 11.8 Å². The van der Waals surface area contributed by atoms with Crippen molar-refractivity contribution in [2.45, 2.75) is 33.6 Å². The number of nitrogens with zero attached hydrogens (tertiary/aromatic N) is 1. The maximum absolute atomic E-state index is 8.60.